The van der Waals surface area contributed by atoms with Crippen LogP contribution in [0.3, 0.4) is 0 Å². The van der Waals surface area contributed by atoms with Crippen LogP contribution in [0.2, 0.25) is 5.28 Å². The van der Waals surface area contributed by atoms with Gasteiger partial charge in [0.05, 0.1) is 12.9 Å². The van der Waals surface area contributed by atoms with Crippen molar-refractivity contribution in [2.24, 2.45) is 0 Å². The summed E-state index contributed by atoms with van der Waals surface area (Å²) < 4.78 is 13.0. The Kier molecular flexibility index (Phi) is 9.57. The second-order valence-electron chi connectivity index (χ2n) is 9.40. The molecule has 0 radical (unpaired) electrons. The smallest absolute Gasteiger partial charge is 0.333 e. The number of aliphatic hydroxyl groups excluding tert-OH is 1. The zero-order chi connectivity index (χ0) is 28.9. The van der Waals surface area contributed by atoms with Crippen LogP contribution in [0, 0.1) is 12.3 Å². The summed E-state index contributed by atoms with van der Waals surface area (Å²) in [6.07, 6.45) is 1.78. The number of ether oxygens (including phenoxy) is 2. The molecule has 0 aliphatic carbocycles. The minimum absolute atomic E-state index is 0.0515. The lowest BCUT2D eigenvalue weighted by molar-refractivity contribution is -0.156. The van der Waals surface area contributed by atoms with Gasteiger partial charge in [0.25, 0.3) is 0 Å². The van der Waals surface area contributed by atoms with Crippen LogP contribution in [0.15, 0.2) is 36.7 Å². The van der Waals surface area contributed by atoms with E-state index in [0.717, 1.165) is 25.2 Å². The van der Waals surface area contributed by atoms with Gasteiger partial charge in [-0.1, -0.05) is 50.1 Å². The van der Waals surface area contributed by atoms with Crippen LogP contribution in [0.1, 0.15) is 25.6 Å². The van der Waals surface area contributed by atoms with Gasteiger partial charge in [0.2, 0.25) is 5.28 Å². The van der Waals surface area contributed by atoms with E-state index in [-0.39, 0.29) is 17.4 Å². The first-order chi connectivity index (χ1) is 19.2. The number of halogens is 1. The molecule has 4 rings (SSSR count). The number of terminal acetylenes is 1. The largest absolute Gasteiger partial charge is 0.479 e. The number of nitrogens with zero attached hydrogens (tertiary/aromatic N) is 5. The minimum Gasteiger partial charge on any atom is -0.479 e. The second kappa shape index (κ2) is 12.9. The van der Waals surface area contributed by atoms with Crippen LogP contribution in [-0.4, -0.2) is 102 Å². The molecule has 12 nitrogen and oxygen atoms in total. The van der Waals surface area contributed by atoms with Crippen molar-refractivity contribution in [1.29, 1.82) is 0 Å². The number of hydrogen-bond donors (Lipinski definition) is 4. The van der Waals surface area contributed by atoms with Crippen molar-refractivity contribution in [3.63, 3.8) is 0 Å². The quantitative estimate of drug-likeness (QED) is 0.174. The Hall–Kier alpha value is -3.31. The highest BCUT2D eigenvalue weighted by Gasteiger charge is 2.56. The Morgan fingerprint density at radius 2 is 2.05 bits per heavy atom. The van der Waals surface area contributed by atoms with Crippen molar-refractivity contribution in [2.45, 2.75) is 50.4 Å². The Morgan fingerprint density at radius 1 is 1.32 bits per heavy atom. The lowest BCUT2D eigenvalue weighted by Crippen LogP contribution is -2.48. The highest BCUT2D eigenvalue weighted by Crippen LogP contribution is 2.39. The van der Waals surface area contributed by atoms with Crippen molar-refractivity contribution in [2.75, 3.05) is 38.1 Å². The average Bonchev–Trinajstić information content (AvgIpc) is 3.48. The summed E-state index contributed by atoms with van der Waals surface area (Å²) in [5, 5.41) is 35.1. The third kappa shape index (κ3) is 6.20. The molecule has 3 heterocycles. The third-order valence-electron chi connectivity index (χ3n) is 7.02. The Bertz CT molecular complexity index is 1350. The molecule has 40 heavy (non-hydrogen) atoms. The molecule has 0 bridgehead atoms. The number of imidazole rings is 1. The summed E-state index contributed by atoms with van der Waals surface area (Å²) in [4.78, 5) is 27.0. The van der Waals surface area contributed by atoms with Gasteiger partial charge in [-0.05, 0) is 30.3 Å². The standard InChI is InChI=1S/C27H33ClN6O6/c1-4-27(38)19(15-39-18(25(36)37)14-17-10-8-7-9-11-17)40-24(21(27)35)34-16-30-20-22(31-26(28)32-23(20)34)29-12-13-33(5-2)6-3/h1,7-11,16,18-19,21,24,35,38H,5-6,12-15H2,2-3H3,(H,36,37)(H,29,31,32)/t18?,19-,21+,24-,27-/m1/s1. The fraction of sp³-hybridized carbons (Fsp3) is 0.481. The lowest BCUT2D eigenvalue weighted by atomic mass is 9.93. The maximum Gasteiger partial charge on any atom is 0.333 e. The van der Waals surface area contributed by atoms with E-state index in [4.69, 9.17) is 27.5 Å². The number of aliphatic carboxylic acids is 1. The first kappa shape index (κ1) is 29.7. The zero-order valence-corrected chi connectivity index (χ0v) is 23.0. The van der Waals surface area contributed by atoms with Gasteiger partial charge < -0.3 is 35.0 Å². The van der Waals surface area contributed by atoms with Crippen LogP contribution in [0.25, 0.3) is 11.2 Å². The number of hydrogen-bond acceptors (Lipinski definition) is 10. The molecule has 1 fully saturated rings. The molecule has 214 valence electrons. The Balaban J connectivity index is 1.54. The summed E-state index contributed by atoms with van der Waals surface area (Å²) in [5.74, 6) is 1.42. The number of carbonyl (C=O) groups is 1. The van der Waals surface area contributed by atoms with Gasteiger partial charge in [-0.25, -0.2) is 9.78 Å². The molecule has 4 N–H and O–H groups in total. The topological polar surface area (TPSA) is 155 Å². The molecule has 1 aliphatic rings. The van der Waals surface area contributed by atoms with Gasteiger partial charge in [-0.15, -0.1) is 6.42 Å². The first-order valence-electron chi connectivity index (χ1n) is 13.0. The van der Waals surface area contributed by atoms with E-state index in [0.29, 0.717) is 17.9 Å². The van der Waals surface area contributed by atoms with Crippen molar-refractivity contribution in [3.05, 3.63) is 47.5 Å². The molecule has 1 unspecified atom stereocenters. The van der Waals surface area contributed by atoms with Crippen molar-refractivity contribution in [1.82, 2.24) is 24.4 Å². The number of benzene rings is 1. The van der Waals surface area contributed by atoms with Crippen LogP contribution in [-0.2, 0) is 20.7 Å². The summed E-state index contributed by atoms with van der Waals surface area (Å²) in [5.41, 5.74) is -0.783. The molecule has 0 saturated carbocycles. The monoisotopic (exact) mass is 572 g/mol. The number of likely N-dealkylation sites (N-methyl/N-ethyl adjacent to an activating group) is 1. The van der Waals surface area contributed by atoms with E-state index in [1.807, 2.05) is 6.07 Å². The van der Waals surface area contributed by atoms with Gasteiger partial charge in [0.1, 0.15) is 12.2 Å². The molecule has 13 heteroatoms. The number of carboxylic acid groups (broad SMARTS) is 1. The molecule has 0 amide bonds. The van der Waals surface area contributed by atoms with Crippen LogP contribution in [0.4, 0.5) is 5.82 Å². The molecule has 1 aromatic carbocycles. The zero-order valence-electron chi connectivity index (χ0n) is 22.3. The molecule has 2 aromatic heterocycles. The average molecular weight is 573 g/mol. The predicted molar refractivity (Wildman–Crippen MR) is 148 cm³/mol. The molecule has 1 saturated heterocycles. The molecular weight excluding hydrogens is 540 g/mol. The number of anilines is 1. The predicted octanol–water partition coefficient (Wildman–Crippen LogP) is 1.57. The summed E-state index contributed by atoms with van der Waals surface area (Å²) in [6.45, 7) is 6.96. The first-order valence-corrected chi connectivity index (χ1v) is 13.4. The second-order valence-corrected chi connectivity index (χ2v) is 9.74. The van der Waals surface area contributed by atoms with Crippen LogP contribution in [0.5, 0.6) is 0 Å². The molecule has 0 spiro atoms. The van der Waals surface area contributed by atoms with E-state index < -0.39 is 42.7 Å². The third-order valence-corrected chi connectivity index (χ3v) is 7.19. The van der Waals surface area contributed by atoms with Crippen LogP contribution >= 0.6 is 11.6 Å². The molecule has 3 aromatic rings. The van der Waals surface area contributed by atoms with E-state index in [1.165, 1.54) is 10.9 Å². The van der Waals surface area contributed by atoms with E-state index in [1.54, 1.807) is 24.3 Å². The molecular formula is C27H33ClN6O6. The minimum atomic E-state index is -2.18. The maximum absolute atomic E-state index is 11.8. The highest BCUT2D eigenvalue weighted by atomic mass is 35.5. The SMILES string of the molecule is C#C[C@@]1(O)[C@@H](COC(Cc2ccccc2)C(=O)O)O[C@@H](n2cnc3c(NCCN(CC)CC)nc(Cl)nc32)[C@@H]1O. The Labute approximate surface area is 236 Å². The molecule has 5 atom stereocenters. The fourth-order valence-corrected chi connectivity index (χ4v) is 4.80. The van der Waals surface area contributed by atoms with Gasteiger partial charge >= 0.3 is 5.97 Å². The summed E-state index contributed by atoms with van der Waals surface area (Å²) >= 11 is 6.21. The fourth-order valence-electron chi connectivity index (χ4n) is 4.64. The van der Waals surface area contributed by atoms with Gasteiger partial charge in [-0.3, -0.25) is 4.57 Å². The van der Waals surface area contributed by atoms with Gasteiger partial charge in [0.15, 0.2) is 34.9 Å². The van der Waals surface area contributed by atoms with E-state index in [2.05, 4.69) is 44.9 Å². The number of fused-ring (bicyclic) bond motifs is 1. The maximum atomic E-state index is 11.8. The number of nitrogens with one attached hydrogen (secondary N) is 1. The van der Waals surface area contributed by atoms with Gasteiger partial charge in [0, 0.05) is 19.5 Å². The van der Waals surface area contributed by atoms with E-state index >= 15 is 0 Å². The van der Waals surface area contributed by atoms with Crippen molar-refractivity contribution in [3.8, 4) is 12.3 Å². The normalized spacial score (nSPS) is 23.4. The number of carboxylic acids is 1. The number of aromatic nitrogens is 4. The van der Waals surface area contributed by atoms with Crippen molar-refractivity contribution < 1.29 is 29.6 Å². The number of aliphatic hydroxyl groups is 2. The van der Waals surface area contributed by atoms with Crippen molar-refractivity contribution >= 4 is 34.6 Å². The summed E-state index contributed by atoms with van der Waals surface area (Å²) in [6, 6.07) is 8.98. The van der Waals surface area contributed by atoms with Crippen LogP contribution < -0.4 is 5.32 Å². The highest BCUT2D eigenvalue weighted by molar-refractivity contribution is 6.28. The summed E-state index contributed by atoms with van der Waals surface area (Å²) in [7, 11) is 0. The Morgan fingerprint density at radius 3 is 2.70 bits per heavy atom. The lowest BCUT2D eigenvalue weighted by Gasteiger charge is -2.26. The number of rotatable bonds is 13. The van der Waals surface area contributed by atoms with Gasteiger partial charge in [-0.2, -0.15) is 9.97 Å². The molecule has 1 aliphatic heterocycles. The van der Waals surface area contributed by atoms with E-state index in [9.17, 15) is 20.1 Å².